The van der Waals surface area contributed by atoms with Gasteiger partial charge in [0, 0.05) is 54.7 Å². The topological polar surface area (TPSA) is 19.4 Å². The molecule has 3 fully saturated rings. The number of piperidine rings is 1. The van der Waals surface area contributed by atoms with Crippen molar-refractivity contribution in [2.45, 2.75) is 38.9 Å². The molecule has 3 nitrogen and oxygen atoms in total. The second-order valence-electron chi connectivity index (χ2n) is 7.05. The Morgan fingerprint density at radius 3 is 2.83 bits per heavy atom. The Hall–Kier alpha value is -1.23. The van der Waals surface area contributed by atoms with E-state index in [1.165, 1.54) is 47.9 Å². The third kappa shape index (κ3) is 3.65. The van der Waals surface area contributed by atoms with E-state index in [0.29, 0.717) is 6.04 Å². The van der Waals surface area contributed by atoms with Crippen molar-refractivity contribution in [3.8, 4) is 0 Å². The summed E-state index contributed by atoms with van der Waals surface area (Å²) in [4.78, 5) is 12.8. The Bertz CT molecular complexity index is 639. The molecule has 3 aliphatic heterocycles. The molecule has 0 spiro atoms. The van der Waals surface area contributed by atoms with E-state index in [1.54, 1.807) is 0 Å². The monoisotopic (exact) mass is 327 g/mol. The minimum absolute atomic E-state index is 0.708. The predicted molar refractivity (Wildman–Crippen MR) is 95.5 cm³/mol. The Morgan fingerprint density at radius 2 is 2.04 bits per heavy atom. The number of thiophene rings is 1. The molecule has 3 saturated heterocycles. The number of aromatic nitrogens is 1. The van der Waals surface area contributed by atoms with Crippen molar-refractivity contribution in [3.63, 3.8) is 0 Å². The van der Waals surface area contributed by atoms with Gasteiger partial charge in [-0.3, -0.25) is 14.8 Å². The fraction of sp³-hybridized carbons (Fsp3) is 0.526. The van der Waals surface area contributed by atoms with Crippen LogP contribution in [0.4, 0.5) is 0 Å². The van der Waals surface area contributed by atoms with Crippen LogP contribution in [0.3, 0.4) is 0 Å². The molecule has 2 atom stereocenters. The van der Waals surface area contributed by atoms with Crippen LogP contribution in [0, 0.1) is 12.8 Å². The van der Waals surface area contributed by atoms with Gasteiger partial charge in [-0.25, -0.2) is 0 Å². The molecule has 23 heavy (non-hydrogen) atoms. The van der Waals surface area contributed by atoms with E-state index in [-0.39, 0.29) is 0 Å². The first-order valence-electron chi connectivity index (χ1n) is 8.68. The van der Waals surface area contributed by atoms with Crippen LogP contribution in [0.2, 0.25) is 0 Å². The van der Waals surface area contributed by atoms with Gasteiger partial charge < -0.3 is 0 Å². The van der Waals surface area contributed by atoms with Gasteiger partial charge in [0.05, 0.1) is 5.69 Å². The van der Waals surface area contributed by atoms with Crippen LogP contribution in [-0.4, -0.2) is 40.5 Å². The van der Waals surface area contributed by atoms with Gasteiger partial charge in [-0.1, -0.05) is 6.07 Å². The maximum absolute atomic E-state index is 4.51. The molecule has 0 aliphatic carbocycles. The first kappa shape index (κ1) is 15.3. The van der Waals surface area contributed by atoms with Gasteiger partial charge in [-0.2, -0.15) is 0 Å². The minimum Gasteiger partial charge on any atom is -0.296 e. The third-order valence-electron chi connectivity index (χ3n) is 5.17. The number of hydrogen-bond acceptors (Lipinski definition) is 4. The Kier molecular flexibility index (Phi) is 4.47. The van der Waals surface area contributed by atoms with Crippen LogP contribution in [0.1, 0.15) is 28.3 Å². The van der Waals surface area contributed by atoms with Crippen molar-refractivity contribution in [1.29, 1.82) is 0 Å². The molecule has 2 aromatic rings. The summed E-state index contributed by atoms with van der Waals surface area (Å²) >= 11 is 1.95. The molecule has 2 aromatic heterocycles. The third-order valence-corrected chi connectivity index (χ3v) is 6.15. The van der Waals surface area contributed by atoms with Gasteiger partial charge in [0.25, 0.3) is 0 Å². The highest BCUT2D eigenvalue weighted by molar-refractivity contribution is 7.11. The molecule has 0 unspecified atom stereocenters. The van der Waals surface area contributed by atoms with Crippen LogP contribution in [0.15, 0.2) is 36.5 Å². The number of fused-ring (bicyclic) bond motifs is 4. The lowest BCUT2D eigenvalue weighted by atomic mass is 9.95. The Morgan fingerprint density at radius 1 is 1.09 bits per heavy atom. The highest BCUT2D eigenvalue weighted by atomic mass is 32.1. The van der Waals surface area contributed by atoms with Crippen LogP contribution < -0.4 is 0 Å². The first-order valence-corrected chi connectivity index (χ1v) is 9.49. The molecule has 5 rings (SSSR count). The second kappa shape index (κ2) is 6.71. The van der Waals surface area contributed by atoms with Gasteiger partial charge in [0.2, 0.25) is 0 Å². The van der Waals surface area contributed by atoms with Gasteiger partial charge in [-0.15, -0.1) is 11.3 Å². The van der Waals surface area contributed by atoms with Crippen LogP contribution in [-0.2, 0) is 13.1 Å². The fourth-order valence-electron chi connectivity index (χ4n) is 4.09. The maximum atomic E-state index is 4.51. The van der Waals surface area contributed by atoms with Gasteiger partial charge in [0.1, 0.15) is 0 Å². The normalized spacial score (nSPS) is 25.6. The molecule has 0 amide bonds. The molecule has 0 radical (unpaired) electrons. The van der Waals surface area contributed by atoms with Crippen LogP contribution >= 0.6 is 11.3 Å². The van der Waals surface area contributed by atoms with E-state index < -0.39 is 0 Å². The highest BCUT2D eigenvalue weighted by Crippen LogP contribution is 2.30. The Balaban J connectivity index is 1.44. The van der Waals surface area contributed by atoms with Crippen molar-refractivity contribution in [3.05, 3.63) is 52.0 Å². The molecule has 122 valence electrons. The number of hydrogen-bond donors (Lipinski definition) is 0. The largest absolute Gasteiger partial charge is 0.296 e. The predicted octanol–water partition coefficient (Wildman–Crippen LogP) is 3.55. The lowest BCUT2D eigenvalue weighted by Gasteiger charge is -2.35. The standard InChI is InChI=1S/C19H25N3S/c1-15-5-8-19(23-15)14-22-11-16-6-7-18(22)13-21(10-16)12-17-4-2-3-9-20-17/h2-5,8-9,16,18H,6-7,10-14H2,1H3/t16-,18+/m0/s1. The summed E-state index contributed by atoms with van der Waals surface area (Å²) in [5.41, 5.74) is 1.20. The molecule has 5 heterocycles. The van der Waals surface area contributed by atoms with Crippen molar-refractivity contribution >= 4 is 11.3 Å². The summed E-state index contributed by atoms with van der Waals surface area (Å²) in [6.07, 6.45) is 4.66. The SMILES string of the molecule is Cc1ccc(CN2C[C@H]3CC[C@@H]2CN(Cc2ccccn2)C3)s1. The lowest BCUT2D eigenvalue weighted by Crippen LogP contribution is -2.43. The molecule has 4 heteroatoms. The van der Waals surface area contributed by atoms with Crippen molar-refractivity contribution in [2.24, 2.45) is 5.92 Å². The van der Waals surface area contributed by atoms with Gasteiger partial charge in [-0.05, 0) is 49.9 Å². The average Bonchev–Trinajstić information content (AvgIpc) is 2.77. The number of rotatable bonds is 4. The highest BCUT2D eigenvalue weighted by Gasteiger charge is 2.34. The summed E-state index contributed by atoms with van der Waals surface area (Å²) < 4.78 is 0. The van der Waals surface area contributed by atoms with E-state index in [0.717, 1.165) is 19.0 Å². The van der Waals surface area contributed by atoms with Crippen LogP contribution in [0.5, 0.6) is 0 Å². The van der Waals surface area contributed by atoms with E-state index in [4.69, 9.17) is 0 Å². The minimum atomic E-state index is 0.708. The molecule has 0 aromatic carbocycles. The van der Waals surface area contributed by atoms with Gasteiger partial charge >= 0.3 is 0 Å². The van der Waals surface area contributed by atoms with Gasteiger partial charge in [0.15, 0.2) is 0 Å². The first-order chi connectivity index (χ1) is 11.3. The fourth-order valence-corrected chi connectivity index (χ4v) is 5.01. The zero-order valence-electron chi connectivity index (χ0n) is 13.8. The summed E-state index contributed by atoms with van der Waals surface area (Å²) in [5, 5.41) is 0. The van der Waals surface area contributed by atoms with E-state index in [1.807, 2.05) is 23.6 Å². The second-order valence-corrected chi connectivity index (χ2v) is 8.43. The maximum Gasteiger partial charge on any atom is 0.0543 e. The number of aryl methyl sites for hydroxylation is 1. The summed E-state index contributed by atoms with van der Waals surface area (Å²) in [7, 11) is 0. The van der Waals surface area contributed by atoms with Crippen molar-refractivity contribution in [1.82, 2.24) is 14.8 Å². The van der Waals surface area contributed by atoms with E-state index in [2.05, 4.69) is 46.0 Å². The zero-order chi connectivity index (χ0) is 15.6. The van der Waals surface area contributed by atoms with Crippen LogP contribution in [0.25, 0.3) is 0 Å². The smallest absolute Gasteiger partial charge is 0.0543 e. The quantitative estimate of drug-likeness (QED) is 0.856. The molecule has 2 bridgehead atoms. The van der Waals surface area contributed by atoms with Crippen molar-refractivity contribution < 1.29 is 0 Å². The molecular weight excluding hydrogens is 302 g/mol. The summed E-state index contributed by atoms with van der Waals surface area (Å²) in [6.45, 7) is 8.03. The molecule has 0 saturated carbocycles. The molecular formula is C19H25N3S. The molecule has 3 aliphatic rings. The molecule has 0 N–H and O–H groups in total. The number of nitrogens with zero attached hydrogens (tertiary/aromatic N) is 3. The lowest BCUT2D eigenvalue weighted by molar-refractivity contribution is 0.124. The summed E-state index contributed by atoms with van der Waals surface area (Å²) in [6, 6.07) is 11.5. The van der Waals surface area contributed by atoms with E-state index in [9.17, 15) is 0 Å². The zero-order valence-corrected chi connectivity index (χ0v) is 14.6. The number of pyridine rings is 1. The average molecular weight is 327 g/mol. The Labute approximate surface area is 143 Å². The van der Waals surface area contributed by atoms with Crippen molar-refractivity contribution in [2.75, 3.05) is 19.6 Å². The van der Waals surface area contributed by atoms with E-state index >= 15 is 0 Å². The summed E-state index contributed by atoms with van der Waals surface area (Å²) in [5.74, 6) is 0.818.